The molecular weight excluding hydrogens is 414 g/mol. The fourth-order valence-electron chi connectivity index (χ4n) is 4.29. The summed E-state index contributed by atoms with van der Waals surface area (Å²) in [5.74, 6) is -0.943. The molecule has 3 atom stereocenters. The Morgan fingerprint density at radius 2 is 1.58 bits per heavy atom. The first-order valence-electron chi connectivity index (χ1n) is 10.9. The third-order valence-corrected chi connectivity index (χ3v) is 6.65. The molecule has 2 aliphatic rings. The first-order valence-corrected chi connectivity index (χ1v) is 12.3. The number of carbonyl (C=O) groups excluding carboxylic acids is 4. The predicted octanol–water partition coefficient (Wildman–Crippen LogP) is 3.52. The monoisotopic (exact) mass is 445 g/mol. The lowest BCUT2D eigenvalue weighted by atomic mass is 9.81. The Bertz CT molecular complexity index is 833. The van der Waals surface area contributed by atoms with Crippen molar-refractivity contribution >= 4 is 46.8 Å². The van der Waals surface area contributed by atoms with Crippen molar-refractivity contribution in [2.45, 2.75) is 52.0 Å². The summed E-state index contributed by atoms with van der Waals surface area (Å²) in [7, 11) is 0. The van der Waals surface area contributed by atoms with Gasteiger partial charge in [0.1, 0.15) is 6.04 Å². The number of benzene rings is 1. The van der Waals surface area contributed by atoms with E-state index in [4.69, 9.17) is 0 Å². The maximum Gasteiger partial charge on any atom is 0.247 e. The van der Waals surface area contributed by atoms with Gasteiger partial charge in [-0.2, -0.15) is 11.8 Å². The zero-order valence-corrected chi connectivity index (χ0v) is 19.2. The lowest BCUT2D eigenvalue weighted by molar-refractivity contribution is -0.146. The third kappa shape index (κ3) is 5.29. The molecule has 0 spiro atoms. The van der Waals surface area contributed by atoms with Crippen LogP contribution in [0.5, 0.6) is 0 Å². The molecule has 2 N–H and O–H groups in total. The van der Waals surface area contributed by atoms with Crippen LogP contribution in [0.2, 0.25) is 0 Å². The van der Waals surface area contributed by atoms with E-state index in [9.17, 15) is 19.2 Å². The van der Waals surface area contributed by atoms with Gasteiger partial charge in [-0.1, -0.05) is 32.8 Å². The number of hydrogen-bond donors (Lipinski definition) is 2. The van der Waals surface area contributed by atoms with E-state index in [0.717, 1.165) is 25.7 Å². The van der Waals surface area contributed by atoms with E-state index >= 15 is 0 Å². The Labute approximate surface area is 187 Å². The summed E-state index contributed by atoms with van der Waals surface area (Å²) >= 11 is 1.58. The quantitative estimate of drug-likeness (QED) is 0.597. The molecule has 7 nitrogen and oxygen atoms in total. The van der Waals surface area contributed by atoms with Crippen LogP contribution in [0.4, 0.5) is 11.4 Å². The molecule has 1 aliphatic carbocycles. The molecule has 8 heteroatoms. The molecule has 3 unspecified atom stereocenters. The van der Waals surface area contributed by atoms with E-state index in [0.29, 0.717) is 23.5 Å². The van der Waals surface area contributed by atoms with E-state index in [1.807, 2.05) is 6.26 Å². The highest BCUT2D eigenvalue weighted by atomic mass is 32.2. The number of amides is 4. The normalized spacial score (nSPS) is 21.7. The van der Waals surface area contributed by atoms with Crippen LogP contribution in [-0.2, 0) is 19.2 Å². The Kier molecular flexibility index (Phi) is 7.75. The summed E-state index contributed by atoms with van der Waals surface area (Å²) in [6.07, 6.45) is 5.69. The molecule has 3 rings (SSSR count). The van der Waals surface area contributed by atoms with Gasteiger partial charge in [0.15, 0.2) is 0 Å². The summed E-state index contributed by atoms with van der Waals surface area (Å²) in [5.41, 5.74) is 1.09. The summed E-state index contributed by atoms with van der Waals surface area (Å²) in [6.45, 7) is 3.61. The smallest absolute Gasteiger partial charge is 0.247 e. The van der Waals surface area contributed by atoms with Crippen LogP contribution >= 0.6 is 11.8 Å². The molecule has 1 saturated heterocycles. The van der Waals surface area contributed by atoms with Crippen molar-refractivity contribution in [2.75, 3.05) is 22.6 Å². The van der Waals surface area contributed by atoms with Gasteiger partial charge in [0.25, 0.3) is 0 Å². The van der Waals surface area contributed by atoms with E-state index in [1.165, 1.54) is 4.90 Å². The van der Waals surface area contributed by atoms with Crippen LogP contribution < -0.4 is 10.6 Å². The van der Waals surface area contributed by atoms with Gasteiger partial charge in [0.05, 0.1) is 11.8 Å². The molecule has 0 bridgehead atoms. The Hall–Kier alpha value is -2.35. The molecule has 168 valence electrons. The van der Waals surface area contributed by atoms with Crippen molar-refractivity contribution in [1.82, 2.24) is 4.90 Å². The van der Waals surface area contributed by atoms with Gasteiger partial charge in [-0.05, 0) is 49.5 Å². The third-order valence-electron chi connectivity index (χ3n) is 6.01. The number of carbonyl (C=O) groups is 4. The molecule has 1 heterocycles. The Balaban J connectivity index is 1.77. The lowest BCUT2D eigenvalue weighted by Crippen LogP contribution is -2.48. The van der Waals surface area contributed by atoms with Gasteiger partial charge < -0.3 is 10.6 Å². The zero-order valence-electron chi connectivity index (χ0n) is 18.3. The van der Waals surface area contributed by atoms with Crippen molar-refractivity contribution < 1.29 is 19.2 Å². The molecule has 1 aromatic carbocycles. The maximum absolute atomic E-state index is 13.2. The van der Waals surface area contributed by atoms with Crippen LogP contribution in [0.15, 0.2) is 24.3 Å². The number of rotatable bonds is 8. The van der Waals surface area contributed by atoms with Gasteiger partial charge in [-0.25, -0.2) is 0 Å². The van der Waals surface area contributed by atoms with Gasteiger partial charge in [-0.3, -0.25) is 24.1 Å². The molecule has 1 aliphatic heterocycles. The van der Waals surface area contributed by atoms with Crippen molar-refractivity contribution in [3.8, 4) is 0 Å². The molecule has 1 aromatic rings. The van der Waals surface area contributed by atoms with E-state index in [-0.39, 0.29) is 41.4 Å². The number of nitrogens with one attached hydrogen (secondary N) is 2. The number of anilines is 2. The van der Waals surface area contributed by atoms with Gasteiger partial charge in [-0.15, -0.1) is 0 Å². The highest BCUT2D eigenvalue weighted by molar-refractivity contribution is 7.98. The number of nitrogens with zero attached hydrogens (tertiary/aromatic N) is 1. The maximum atomic E-state index is 13.2. The minimum absolute atomic E-state index is 0.114. The number of hydrogen-bond acceptors (Lipinski definition) is 5. The highest BCUT2D eigenvalue weighted by Gasteiger charge is 2.51. The minimum Gasteiger partial charge on any atom is -0.326 e. The van der Waals surface area contributed by atoms with Crippen LogP contribution in [0, 0.1) is 17.8 Å². The number of fused-ring (bicyclic) bond motifs is 1. The van der Waals surface area contributed by atoms with Gasteiger partial charge in [0.2, 0.25) is 23.6 Å². The second-order valence-corrected chi connectivity index (χ2v) is 9.54. The molecule has 4 amide bonds. The van der Waals surface area contributed by atoms with Crippen molar-refractivity contribution in [2.24, 2.45) is 17.8 Å². The van der Waals surface area contributed by atoms with Crippen molar-refractivity contribution in [3.63, 3.8) is 0 Å². The predicted molar refractivity (Wildman–Crippen MR) is 123 cm³/mol. The van der Waals surface area contributed by atoms with Crippen LogP contribution in [0.3, 0.4) is 0 Å². The first kappa shape index (κ1) is 23.3. The fourth-order valence-corrected chi connectivity index (χ4v) is 4.75. The van der Waals surface area contributed by atoms with Crippen LogP contribution in [0.1, 0.15) is 46.0 Å². The lowest BCUT2D eigenvalue weighted by Gasteiger charge is -2.26. The fraction of sp³-hybridized carbons (Fsp3) is 0.565. The highest BCUT2D eigenvalue weighted by Crippen LogP contribution is 2.39. The molecule has 1 saturated carbocycles. The first-order chi connectivity index (χ1) is 14.8. The van der Waals surface area contributed by atoms with E-state index < -0.39 is 6.04 Å². The summed E-state index contributed by atoms with van der Waals surface area (Å²) in [4.78, 5) is 52.4. The average molecular weight is 446 g/mol. The second kappa shape index (κ2) is 10.3. The molecular formula is C23H31N3O4S. The standard InChI is InChI=1S/C23H31N3O4S/c1-14(2)20(27)24-15-7-6-8-16(13-15)25-21(28)19(11-12-31-3)26-22(29)17-9-4-5-10-18(17)23(26)30/h6-8,13-14,17-19H,4-5,9-12H2,1-3H3,(H,24,27)(H,25,28). The van der Waals surface area contributed by atoms with Crippen LogP contribution in [0.25, 0.3) is 0 Å². The zero-order chi connectivity index (χ0) is 22.5. The molecule has 31 heavy (non-hydrogen) atoms. The van der Waals surface area contributed by atoms with E-state index in [1.54, 1.807) is 49.9 Å². The van der Waals surface area contributed by atoms with Crippen molar-refractivity contribution in [1.29, 1.82) is 0 Å². The summed E-state index contributed by atoms with van der Waals surface area (Å²) < 4.78 is 0. The summed E-state index contributed by atoms with van der Waals surface area (Å²) in [6, 6.07) is 6.06. The Morgan fingerprint density at radius 1 is 1.03 bits per heavy atom. The minimum atomic E-state index is -0.827. The SMILES string of the molecule is CSCCC(C(=O)Nc1cccc(NC(=O)C(C)C)c1)N1C(=O)C2CCCCC2C1=O. The van der Waals surface area contributed by atoms with Crippen LogP contribution in [-0.4, -0.2) is 46.6 Å². The average Bonchev–Trinajstić information content (AvgIpc) is 2.99. The van der Waals surface area contributed by atoms with E-state index in [2.05, 4.69) is 10.6 Å². The largest absolute Gasteiger partial charge is 0.326 e. The van der Waals surface area contributed by atoms with Gasteiger partial charge in [0, 0.05) is 17.3 Å². The topological polar surface area (TPSA) is 95.6 Å². The summed E-state index contributed by atoms with van der Waals surface area (Å²) in [5, 5.41) is 5.66. The molecule has 0 radical (unpaired) electrons. The Morgan fingerprint density at radius 3 is 2.10 bits per heavy atom. The van der Waals surface area contributed by atoms with Gasteiger partial charge >= 0.3 is 0 Å². The molecule has 2 fully saturated rings. The molecule has 0 aromatic heterocycles. The number of imide groups is 1. The second-order valence-electron chi connectivity index (χ2n) is 8.56. The number of thioether (sulfide) groups is 1. The number of likely N-dealkylation sites (tertiary alicyclic amines) is 1. The van der Waals surface area contributed by atoms with Crippen molar-refractivity contribution in [3.05, 3.63) is 24.3 Å².